The Balaban J connectivity index is 2.06. The molecule has 0 spiro atoms. The Kier molecular flexibility index (Phi) is 2.86. The van der Waals surface area contributed by atoms with Crippen LogP contribution in [0.5, 0.6) is 0 Å². The molecule has 0 amide bonds. The van der Waals surface area contributed by atoms with Crippen LogP contribution in [0.25, 0.3) is 21.8 Å². The van der Waals surface area contributed by atoms with E-state index in [4.69, 9.17) is 0 Å². The largest absolute Gasteiger partial charge is 0.332 e. The molecule has 104 valence electrons. The van der Waals surface area contributed by atoms with Crippen molar-refractivity contribution in [3.05, 3.63) is 70.4 Å². The van der Waals surface area contributed by atoms with Gasteiger partial charge >= 0.3 is 0 Å². The van der Waals surface area contributed by atoms with Gasteiger partial charge in [-0.2, -0.15) is 0 Å². The number of para-hydroxylation sites is 2. The second-order valence-electron chi connectivity index (χ2n) is 5.53. The van der Waals surface area contributed by atoms with Crippen molar-refractivity contribution in [1.82, 2.24) is 4.57 Å². The smallest absolute Gasteiger partial charge is 0.0656 e. The van der Waals surface area contributed by atoms with Gasteiger partial charge in [-0.3, -0.25) is 0 Å². The van der Waals surface area contributed by atoms with Gasteiger partial charge in [-0.1, -0.05) is 36.4 Å². The molecule has 2 aromatic heterocycles. The van der Waals surface area contributed by atoms with Crippen LogP contribution in [0.3, 0.4) is 0 Å². The Morgan fingerprint density at radius 3 is 1.90 bits per heavy atom. The van der Waals surface area contributed by atoms with E-state index in [1.807, 2.05) is 11.3 Å². The van der Waals surface area contributed by atoms with E-state index in [2.05, 4.69) is 79.1 Å². The molecule has 1 nitrogen and oxygen atoms in total. The van der Waals surface area contributed by atoms with Crippen LogP contribution in [0, 0.1) is 6.92 Å². The van der Waals surface area contributed by atoms with Crippen LogP contribution in [0.2, 0.25) is 0 Å². The van der Waals surface area contributed by atoms with Gasteiger partial charge in [0.15, 0.2) is 0 Å². The molecule has 0 aliphatic carbocycles. The normalized spacial score (nSPS) is 13.0. The molecule has 0 fully saturated rings. The molecule has 1 atom stereocenters. The number of aryl methyl sites for hydroxylation is 1. The van der Waals surface area contributed by atoms with E-state index in [1.54, 1.807) is 0 Å². The fourth-order valence-electron chi connectivity index (χ4n) is 3.18. The molecule has 0 aliphatic heterocycles. The summed E-state index contributed by atoms with van der Waals surface area (Å²) >= 11 is 1.89. The maximum atomic E-state index is 2.47. The van der Waals surface area contributed by atoms with Gasteiger partial charge in [0.05, 0.1) is 6.04 Å². The minimum atomic E-state index is 0.355. The third-order valence-electron chi connectivity index (χ3n) is 4.18. The lowest BCUT2D eigenvalue weighted by Crippen LogP contribution is -2.04. The lowest BCUT2D eigenvalue weighted by molar-refractivity contribution is 0.698. The van der Waals surface area contributed by atoms with Gasteiger partial charge in [0.25, 0.3) is 0 Å². The van der Waals surface area contributed by atoms with Crippen LogP contribution >= 0.6 is 11.3 Å². The average molecular weight is 291 g/mol. The molecule has 0 bridgehead atoms. The monoisotopic (exact) mass is 291 g/mol. The summed E-state index contributed by atoms with van der Waals surface area (Å²) in [6, 6.07) is 22.2. The molecular formula is C19H17NS. The van der Waals surface area contributed by atoms with E-state index in [0.717, 1.165) is 0 Å². The highest BCUT2D eigenvalue weighted by molar-refractivity contribution is 7.12. The molecule has 0 N–H and O–H groups in total. The van der Waals surface area contributed by atoms with Crippen molar-refractivity contribution in [2.75, 3.05) is 0 Å². The number of benzene rings is 2. The zero-order chi connectivity index (χ0) is 14.4. The zero-order valence-corrected chi connectivity index (χ0v) is 13.0. The SMILES string of the molecule is Cc1ccc(C(C)n2c3ccccc3c3ccccc32)s1. The van der Waals surface area contributed by atoms with E-state index >= 15 is 0 Å². The number of fused-ring (bicyclic) bond motifs is 3. The minimum absolute atomic E-state index is 0.355. The summed E-state index contributed by atoms with van der Waals surface area (Å²) in [7, 11) is 0. The van der Waals surface area contributed by atoms with Crippen molar-refractivity contribution in [2.45, 2.75) is 19.9 Å². The van der Waals surface area contributed by atoms with Crippen LogP contribution in [0.1, 0.15) is 22.7 Å². The first kappa shape index (κ1) is 12.7. The molecule has 0 aliphatic rings. The summed E-state index contributed by atoms with van der Waals surface area (Å²) < 4.78 is 2.47. The maximum absolute atomic E-state index is 2.47. The molecule has 2 heteroatoms. The Bertz CT molecular complexity index is 876. The van der Waals surface area contributed by atoms with Crippen molar-refractivity contribution in [2.24, 2.45) is 0 Å². The highest BCUT2D eigenvalue weighted by Crippen LogP contribution is 2.35. The van der Waals surface area contributed by atoms with E-state index < -0.39 is 0 Å². The first-order chi connectivity index (χ1) is 10.3. The van der Waals surface area contributed by atoms with E-state index in [9.17, 15) is 0 Å². The molecule has 0 saturated carbocycles. The number of thiophene rings is 1. The van der Waals surface area contributed by atoms with Gasteiger partial charge < -0.3 is 4.57 Å². The summed E-state index contributed by atoms with van der Waals surface area (Å²) in [5, 5.41) is 2.68. The number of hydrogen-bond donors (Lipinski definition) is 0. The first-order valence-electron chi connectivity index (χ1n) is 7.30. The standard InChI is InChI=1S/C19H17NS/c1-13-11-12-19(21-13)14(2)20-17-9-5-3-7-15(17)16-8-4-6-10-18(16)20/h3-12,14H,1-2H3. The van der Waals surface area contributed by atoms with Gasteiger partial charge in [0.1, 0.15) is 0 Å². The Hall–Kier alpha value is -2.06. The van der Waals surface area contributed by atoms with Crippen LogP contribution in [-0.2, 0) is 0 Å². The van der Waals surface area contributed by atoms with Crippen LogP contribution in [-0.4, -0.2) is 4.57 Å². The zero-order valence-electron chi connectivity index (χ0n) is 12.2. The van der Waals surface area contributed by atoms with Crippen LogP contribution < -0.4 is 0 Å². The first-order valence-corrected chi connectivity index (χ1v) is 8.11. The number of rotatable bonds is 2. The van der Waals surface area contributed by atoms with Gasteiger partial charge in [-0.25, -0.2) is 0 Å². The van der Waals surface area contributed by atoms with Crippen molar-refractivity contribution in [3.8, 4) is 0 Å². The molecule has 0 saturated heterocycles. The summed E-state index contributed by atoms with van der Waals surface area (Å²) in [5.41, 5.74) is 2.63. The summed E-state index contributed by atoms with van der Waals surface area (Å²) in [5.74, 6) is 0. The average Bonchev–Trinajstić information content (AvgIpc) is 3.08. The van der Waals surface area contributed by atoms with Crippen molar-refractivity contribution in [3.63, 3.8) is 0 Å². The van der Waals surface area contributed by atoms with Crippen molar-refractivity contribution < 1.29 is 0 Å². The Labute approximate surface area is 128 Å². The molecule has 2 heterocycles. The molecule has 4 rings (SSSR count). The summed E-state index contributed by atoms with van der Waals surface area (Å²) in [4.78, 5) is 2.79. The fourth-order valence-corrected chi connectivity index (χ4v) is 4.10. The number of aromatic nitrogens is 1. The highest BCUT2D eigenvalue weighted by Gasteiger charge is 2.16. The summed E-state index contributed by atoms with van der Waals surface area (Å²) in [6.45, 7) is 4.47. The van der Waals surface area contributed by atoms with E-state index in [0.29, 0.717) is 6.04 Å². The molecule has 1 unspecified atom stereocenters. The van der Waals surface area contributed by atoms with Crippen molar-refractivity contribution >= 4 is 33.1 Å². The lowest BCUT2D eigenvalue weighted by atomic mass is 10.2. The van der Waals surface area contributed by atoms with Gasteiger partial charge in [-0.05, 0) is 38.1 Å². The predicted octanol–water partition coefficient (Wildman–Crippen LogP) is 5.77. The lowest BCUT2D eigenvalue weighted by Gasteiger charge is -2.15. The van der Waals surface area contributed by atoms with Crippen LogP contribution in [0.15, 0.2) is 60.7 Å². The van der Waals surface area contributed by atoms with Crippen molar-refractivity contribution in [1.29, 1.82) is 0 Å². The number of nitrogens with zero attached hydrogens (tertiary/aromatic N) is 1. The second kappa shape index (κ2) is 4.74. The third kappa shape index (κ3) is 1.90. The molecule has 0 radical (unpaired) electrons. The summed E-state index contributed by atoms with van der Waals surface area (Å²) in [6.07, 6.45) is 0. The van der Waals surface area contributed by atoms with Gasteiger partial charge in [-0.15, -0.1) is 11.3 Å². The third-order valence-corrected chi connectivity index (χ3v) is 5.35. The quantitative estimate of drug-likeness (QED) is 0.441. The molecule has 4 aromatic rings. The molecular weight excluding hydrogens is 274 g/mol. The Morgan fingerprint density at radius 1 is 0.810 bits per heavy atom. The fraction of sp³-hybridized carbons (Fsp3) is 0.158. The minimum Gasteiger partial charge on any atom is -0.332 e. The Morgan fingerprint density at radius 2 is 1.38 bits per heavy atom. The topological polar surface area (TPSA) is 4.93 Å². The van der Waals surface area contributed by atoms with Gasteiger partial charge in [0, 0.05) is 31.6 Å². The molecule has 21 heavy (non-hydrogen) atoms. The van der Waals surface area contributed by atoms with E-state index in [-0.39, 0.29) is 0 Å². The van der Waals surface area contributed by atoms with Crippen LogP contribution in [0.4, 0.5) is 0 Å². The molecule has 2 aromatic carbocycles. The predicted molar refractivity (Wildman–Crippen MR) is 92.3 cm³/mol. The highest BCUT2D eigenvalue weighted by atomic mass is 32.1. The van der Waals surface area contributed by atoms with E-state index in [1.165, 1.54) is 31.6 Å². The second-order valence-corrected chi connectivity index (χ2v) is 6.85. The number of hydrogen-bond acceptors (Lipinski definition) is 1. The maximum Gasteiger partial charge on any atom is 0.0656 e. The van der Waals surface area contributed by atoms with Gasteiger partial charge in [0.2, 0.25) is 0 Å².